The lowest BCUT2D eigenvalue weighted by Crippen LogP contribution is -2.30. The molecular weight excluding hydrogens is 553 g/mol. The van der Waals surface area contributed by atoms with Crippen molar-refractivity contribution in [2.75, 3.05) is 45.8 Å². The van der Waals surface area contributed by atoms with E-state index in [-0.39, 0.29) is 41.4 Å². The van der Waals surface area contributed by atoms with E-state index in [0.29, 0.717) is 50.3 Å². The van der Waals surface area contributed by atoms with Crippen molar-refractivity contribution < 1.29 is 42.5 Å². The summed E-state index contributed by atoms with van der Waals surface area (Å²) in [6.45, 7) is 0.225. The highest BCUT2D eigenvalue weighted by Gasteiger charge is 2.37. The number of H-pyrrole nitrogens is 2. The van der Waals surface area contributed by atoms with E-state index in [0.717, 1.165) is 0 Å². The lowest BCUT2D eigenvalue weighted by molar-refractivity contribution is 0.0595. The van der Waals surface area contributed by atoms with Gasteiger partial charge in [0, 0.05) is 35.2 Å². The van der Waals surface area contributed by atoms with E-state index in [1.54, 1.807) is 18.2 Å². The molecule has 39 heavy (non-hydrogen) atoms. The maximum absolute atomic E-state index is 13.9. The number of rotatable bonds is 8. The number of benzene rings is 2. The third-order valence-electron chi connectivity index (χ3n) is 6.68. The van der Waals surface area contributed by atoms with Crippen molar-refractivity contribution in [1.82, 2.24) is 9.97 Å². The lowest BCUT2D eigenvalue weighted by Gasteiger charge is -2.18. The van der Waals surface area contributed by atoms with Crippen molar-refractivity contribution in [1.29, 1.82) is 0 Å². The molecule has 3 N–H and O–H groups in total. The Hall–Kier alpha value is -3.86. The largest absolute Gasteiger partial charge is 0.493 e. The molecule has 2 aromatic carbocycles. The molecule has 0 saturated heterocycles. The molecule has 4 aromatic rings. The molecule has 1 unspecified atom stereocenters. The van der Waals surface area contributed by atoms with E-state index in [9.17, 15) is 19.0 Å². The highest BCUT2D eigenvalue weighted by molar-refractivity contribution is 7.32. The molecule has 0 saturated carbocycles. The van der Waals surface area contributed by atoms with E-state index in [4.69, 9.17) is 35.1 Å². The van der Waals surface area contributed by atoms with Crippen LogP contribution in [0.4, 0.5) is 5.69 Å². The number of hydrogen-bond acceptors (Lipinski definition) is 8. The Labute approximate surface area is 227 Å². The fraction of sp³-hybridized carbons (Fsp3) is 0.280. The summed E-state index contributed by atoms with van der Waals surface area (Å²) in [4.78, 5) is 43.2. The second-order valence-electron chi connectivity index (χ2n) is 8.70. The number of carbonyl (C=O) groups excluding carboxylic acids is 2. The fourth-order valence-electron chi connectivity index (χ4n) is 5.05. The SMILES string of the molecule is COC(=O)c1cc2c3c(cc(O[PH](=O)O)c2[nH]1)N(C(=O)c1cc2cc(OC)c(OC)c(OC)c2[nH]1)C[C@H]3CCl. The summed E-state index contributed by atoms with van der Waals surface area (Å²) >= 11 is 6.34. The zero-order valence-corrected chi connectivity index (χ0v) is 23.1. The van der Waals surface area contributed by atoms with Gasteiger partial charge in [-0.2, -0.15) is 0 Å². The number of anilines is 1. The standard InChI is InChI=1S/C25H25ClN3O9P/c1-34-18-6-11-5-14(27-20(11)23(36-3)22(18)35-2)24(30)29-10-12(9-26)19-13-7-15(25(31)37-4)28-21(13)17(8-16(19)29)38-39(32)33/h5-8,12,27-28,39H,9-10H2,1-4H3,(H,32,33)/t12-/m1/s1. The summed E-state index contributed by atoms with van der Waals surface area (Å²) in [5, 5.41) is 1.19. The highest BCUT2D eigenvalue weighted by Crippen LogP contribution is 2.48. The van der Waals surface area contributed by atoms with Gasteiger partial charge in [-0.05, 0) is 23.8 Å². The van der Waals surface area contributed by atoms with Gasteiger partial charge in [0.05, 0.1) is 45.2 Å². The van der Waals surface area contributed by atoms with Crippen molar-refractivity contribution >= 4 is 59.2 Å². The van der Waals surface area contributed by atoms with E-state index in [1.165, 1.54) is 39.4 Å². The Morgan fingerprint density at radius 2 is 1.72 bits per heavy atom. The average molecular weight is 578 g/mol. The summed E-state index contributed by atoms with van der Waals surface area (Å²) < 4.78 is 38.1. The minimum absolute atomic E-state index is 0.00565. The molecule has 1 amide bonds. The number of aromatic nitrogens is 2. The van der Waals surface area contributed by atoms with E-state index >= 15 is 0 Å². The maximum atomic E-state index is 13.9. The van der Waals surface area contributed by atoms with Gasteiger partial charge in [-0.15, -0.1) is 11.6 Å². The van der Waals surface area contributed by atoms with Crippen LogP contribution in [-0.4, -0.2) is 67.6 Å². The molecule has 14 heteroatoms. The first-order valence-electron chi connectivity index (χ1n) is 11.6. The predicted octanol–water partition coefficient (Wildman–Crippen LogP) is 4.21. The topological polar surface area (TPSA) is 152 Å². The molecule has 12 nitrogen and oxygen atoms in total. The number of esters is 1. The minimum Gasteiger partial charge on any atom is -0.493 e. The van der Waals surface area contributed by atoms with Crippen molar-refractivity contribution in [2.45, 2.75) is 5.92 Å². The quantitative estimate of drug-likeness (QED) is 0.159. The van der Waals surface area contributed by atoms with Crippen molar-refractivity contribution in [3.63, 3.8) is 0 Å². The molecule has 206 valence electrons. The zero-order chi connectivity index (χ0) is 28.0. The summed E-state index contributed by atoms with van der Waals surface area (Å²) in [5.74, 6) is 0.0556. The van der Waals surface area contributed by atoms with Gasteiger partial charge in [0.1, 0.15) is 11.4 Å². The summed E-state index contributed by atoms with van der Waals surface area (Å²) in [7, 11) is 2.30. The van der Waals surface area contributed by atoms with Gasteiger partial charge in [-0.25, -0.2) is 9.36 Å². The van der Waals surface area contributed by atoms with Crippen LogP contribution in [0.1, 0.15) is 32.5 Å². The lowest BCUT2D eigenvalue weighted by atomic mass is 9.98. The molecule has 5 rings (SSSR count). The second-order valence-corrected chi connectivity index (χ2v) is 9.74. The number of methoxy groups -OCH3 is 4. The van der Waals surface area contributed by atoms with Crippen LogP contribution in [0, 0.1) is 0 Å². The average Bonchev–Trinajstić information content (AvgIpc) is 3.65. The van der Waals surface area contributed by atoms with Gasteiger partial charge in [-0.1, -0.05) is 0 Å². The molecule has 0 spiro atoms. The van der Waals surface area contributed by atoms with Gasteiger partial charge in [0.2, 0.25) is 5.75 Å². The van der Waals surface area contributed by atoms with Gasteiger partial charge >= 0.3 is 14.2 Å². The Balaban J connectivity index is 1.67. The van der Waals surface area contributed by atoms with E-state index < -0.39 is 14.2 Å². The number of halogens is 1. The molecule has 1 aliphatic heterocycles. The Kier molecular flexibility index (Phi) is 7.11. The van der Waals surface area contributed by atoms with Crippen LogP contribution in [0.3, 0.4) is 0 Å². The molecular formula is C25H25ClN3O9P. The third-order valence-corrected chi connectivity index (χ3v) is 7.45. The molecule has 3 heterocycles. The van der Waals surface area contributed by atoms with Crippen molar-refractivity contribution in [2.24, 2.45) is 0 Å². The Bertz CT molecular complexity index is 1650. The molecule has 0 aliphatic carbocycles. The van der Waals surface area contributed by atoms with Crippen LogP contribution in [-0.2, 0) is 9.30 Å². The Morgan fingerprint density at radius 3 is 2.33 bits per heavy atom. The number of nitrogens with one attached hydrogen (secondary N) is 2. The maximum Gasteiger partial charge on any atom is 0.365 e. The number of fused-ring (bicyclic) bond motifs is 4. The highest BCUT2D eigenvalue weighted by atomic mass is 35.5. The first-order valence-corrected chi connectivity index (χ1v) is 13.4. The van der Waals surface area contributed by atoms with Gasteiger partial charge in [0.15, 0.2) is 17.2 Å². The van der Waals surface area contributed by atoms with Crippen LogP contribution in [0.5, 0.6) is 23.0 Å². The number of aromatic amines is 2. The number of ether oxygens (including phenoxy) is 4. The monoisotopic (exact) mass is 577 g/mol. The predicted molar refractivity (Wildman–Crippen MR) is 145 cm³/mol. The fourth-order valence-corrected chi connectivity index (χ4v) is 5.65. The van der Waals surface area contributed by atoms with Crippen LogP contribution >= 0.6 is 19.9 Å². The number of carbonyl (C=O) groups is 2. The van der Waals surface area contributed by atoms with E-state index in [1.807, 2.05) is 0 Å². The summed E-state index contributed by atoms with van der Waals surface area (Å²) in [6.07, 6.45) is 0. The van der Waals surface area contributed by atoms with Crippen LogP contribution in [0.2, 0.25) is 0 Å². The van der Waals surface area contributed by atoms with Crippen LogP contribution in [0.25, 0.3) is 21.8 Å². The Morgan fingerprint density at radius 1 is 1.00 bits per heavy atom. The van der Waals surface area contributed by atoms with Crippen LogP contribution < -0.4 is 23.6 Å². The third kappa shape index (κ3) is 4.34. The van der Waals surface area contributed by atoms with Crippen LogP contribution in [0.15, 0.2) is 24.3 Å². The van der Waals surface area contributed by atoms with E-state index in [2.05, 4.69) is 9.97 Å². The number of alkyl halides is 1. The normalized spacial score (nSPS) is 15.3. The molecule has 2 atom stereocenters. The molecule has 0 fully saturated rings. The molecule has 0 radical (unpaired) electrons. The first kappa shape index (κ1) is 26.7. The van der Waals surface area contributed by atoms with Gasteiger partial charge in [0.25, 0.3) is 5.91 Å². The van der Waals surface area contributed by atoms with Crippen molar-refractivity contribution in [3.8, 4) is 23.0 Å². The summed E-state index contributed by atoms with van der Waals surface area (Å²) in [5.41, 5.74) is 2.36. The van der Waals surface area contributed by atoms with Gasteiger partial charge < -0.3 is 43.2 Å². The smallest absolute Gasteiger partial charge is 0.365 e. The summed E-state index contributed by atoms with van der Waals surface area (Å²) in [6, 6.07) is 6.45. The molecule has 2 aromatic heterocycles. The zero-order valence-electron chi connectivity index (χ0n) is 21.3. The first-order chi connectivity index (χ1) is 18.8. The van der Waals surface area contributed by atoms with Gasteiger partial charge in [-0.3, -0.25) is 4.79 Å². The number of nitrogens with zero attached hydrogens (tertiary/aromatic N) is 1. The number of amides is 1. The minimum atomic E-state index is -3.42. The van der Waals surface area contributed by atoms with Crippen molar-refractivity contribution in [3.05, 3.63) is 41.2 Å². The number of hydrogen-bond donors (Lipinski definition) is 3. The molecule has 1 aliphatic rings. The molecule has 0 bridgehead atoms. The second kappa shape index (κ2) is 10.4.